The summed E-state index contributed by atoms with van der Waals surface area (Å²) in [4.78, 5) is 2.35. The largest absolute Gasteiger partial charge is 0.344 e. The van der Waals surface area contributed by atoms with E-state index in [4.69, 9.17) is 5.21 Å². The molecule has 0 amide bonds. The highest BCUT2D eigenvalue weighted by Gasteiger charge is 2.24. The van der Waals surface area contributed by atoms with Gasteiger partial charge in [-0.05, 0) is 63.4 Å². The van der Waals surface area contributed by atoms with Gasteiger partial charge in [-0.1, -0.05) is 6.07 Å². The molecule has 1 heterocycles. The van der Waals surface area contributed by atoms with Gasteiger partial charge in [0.2, 0.25) is 0 Å². The Hall–Kier alpha value is -1.52. The quantitative estimate of drug-likeness (QED) is 0.841. The van der Waals surface area contributed by atoms with Gasteiger partial charge in [0, 0.05) is 18.3 Å². The molecule has 2 N–H and O–H groups in total. The summed E-state index contributed by atoms with van der Waals surface area (Å²) >= 11 is 0. The van der Waals surface area contributed by atoms with E-state index in [1.165, 1.54) is 36.6 Å². The van der Waals surface area contributed by atoms with E-state index >= 15 is 0 Å². The van der Waals surface area contributed by atoms with E-state index in [2.05, 4.69) is 47.4 Å². The molecule has 0 unspecified atom stereocenters. The Morgan fingerprint density at radius 1 is 1.15 bits per heavy atom. The molecule has 1 saturated carbocycles. The van der Waals surface area contributed by atoms with Crippen molar-refractivity contribution < 1.29 is 5.21 Å². The first-order valence-corrected chi connectivity index (χ1v) is 7.36. The van der Waals surface area contributed by atoms with Gasteiger partial charge >= 0.3 is 0 Å². The molecule has 1 aliphatic rings. The van der Waals surface area contributed by atoms with Crippen LogP contribution in [-0.4, -0.2) is 34.8 Å². The predicted molar refractivity (Wildman–Crippen MR) is 82.3 cm³/mol. The Kier molecular flexibility index (Phi) is 3.68. The Balaban J connectivity index is 1.84. The summed E-state index contributed by atoms with van der Waals surface area (Å²) in [5, 5.41) is 10.3. The van der Waals surface area contributed by atoms with Crippen LogP contribution in [-0.2, 0) is 0 Å². The smallest absolute Gasteiger partial charge is 0.0623 e. The highest BCUT2D eigenvalue weighted by atomic mass is 16.5. The van der Waals surface area contributed by atoms with Crippen molar-refractivity contribution in [1.29, 1.82) is 0 Å². The number of fused-ring (bicyclic) bond motifs is 1. The number of nitrogens with zero attached hydrogens (tertiary/aromatic N) is 2. The molecule has 1 aromatic heterocycles. The van der Waals surface area contributed by atoms with Crippen molar-refractivity contribution in [2.45, 2.75) is 37.8 Å². The number of rotatable bonds is 3. The molecule has 3 rings (SSSR count). The molecule has 0 aliphatic heterocycles. The Bertz CT molecular complexity index is 582. The third-order valence-electron chi connectivity index (χ3n) is 4.64. The molecule has 0 bridgehead atoms. The van der Waals surface area contributed by atoms with Gasteiger partial charge in [0.05, 0.1) is 11.2 Å². The zero-order valence-corrected chi connectivity index (χ0v) is 12.2. The maximum Gasteiger partial charge on any atom is 0.0623 e. The van der Waals surface area contributed by atoms with Gasteiger partial charge in [-0.15, -0.1) is 0 Å². The number of anilines is 1. The molecule has 0 atom stereocenters. The summed E-state index contributed by atoms with van der Waals surface area (Å²) in [6.45, 7) is 0. The van der Waals surface area contributed by atoms with Crippen LogP contribution in [0.5, 0.6) is 0 Å². The molecule has 0 saturated heterocycles. The maximum absolute atomic E-state index is 9.07. The first-order chi connectivity index (χ1) is 9.69. The van der Waals surface area contributed by atoms with Crippen LogP contribution in [0.1, 0.15) is 31.7 Å². The monoisotopic (exact) mass is 273 g/mol. The lowest BCUT2D eigenvalue weighted by atomic mass is 9.90. The molecule has 108 valence electrons. The molecule has 0 spiro atoms. The fourth-order valence-electron chi connectivity index (χ4n) is 3.39. The molecule has 20 heavy (non-hydrogen) atoms. The fraction of sp³-hybridized carbons (Fsp3) is 0.500. The topological polar surface area (TPSA) is 40.4 Å². The molecule has 1 fully saturated rings. The predicted octanol–water partition coefficient (Wildman–Crippen LogP) is 3.49. The zero-order chi connectivity index (χ0) is 14.1. The second-order valence-corrected chi connectivity index (χ2v) is 6.03. The van der Waals surface area contributed by atoms with Gasteiger partial charge in [0.1, 0.15) is 0 Å². The van der Waals surface area contributed by atoms with Crippen LogP contribution in [0.3, 0.4) is 0 Å². The molecular weight excluding hydrogens is 250 g/mol. The molecule has 1 aromatic carbocycles. The van der Waals surface area contributed by atoms with Gasteiger partial charge in [0.25, 0.3) is 0 Å². The minimum absolute atomic E-state index is 0.581. The lowest BCUT2D eigenvalue weighted by Crippen LogP contribution is -2.32. The Morgan fingerprint density at radius 3 is 2.55 bits per heavy atom. The van der Waals surface area contributed by atoms with E-state index in [-0.39, 0.29) is 0 Å². The molecule has 1 aliphatic carbocycles. The molecule has 2 aromatic rings. The van der Waals surface area contributed by atoms with Crippen molar-refractivity contribution in [1.82, 2.24) is 9.47 Å². The average Bonchev–Trinajstić information content (AvgIpc) is 2.90. The third-order valence-corrected chi connectivity index (χ3v) is 4.64. The summed E-state index contributed by atoms with van der Waals surface area (Å²) in [5.74, 6) is 0. The summed E-state index contributed by atoms with van der Waals surface area (Å²) in [7, 11) is 4.35. The number of nitrogens with one attached hydrogen (secondary N) is 1. The van der Waals surface area contributed by atoms with Gasteiger partial charge in [-0.2, -0.15) is 0 Å². The number of hydrogen-bond donors (Lipinski definition) is 2. The fourth-order valence-corrected chi connectivity index (χ4v) is 3.39. The van der Waals surface area contributed by atoms with E-state index in [0.29, 0.717) is 6.04 Å². The molecular formula is C16H23N3O. The van der Waals surface area contributed by atoms with Gasteiger partial charge in [0.15, 0.2) is 0 Å². The second kappa shape index (κ2) is 5.46. The van der Waals surface area contributed by atoms with E-state index in [0.717, 1.165) is 11.7 Å². The number of hydrogen-bond acceptors (Lipinski definition) is 3. The minimum Gasteiger partial charge on any atom is -0.344 e. The van der Waals surface area contributed by atoms with Crippen molar-refractivity contribution >= 4 is 16.6 Å². The lowest BCUT2D eigenvalue weighted by Gasteiger charge is -2.33. The van der Waals surface area contributed by atoms with Crippen LogP contribution in [0.25, 0.3) is 10.9 Å². The summed E-state index contributed by atoms with van der Waals surface area (Å²) in [6, 6.07) is 9.44. The standard InChI is InChI=1S/C16H23N3O/c1-18(2)14-5-7-15(8-6-14)19-10-9-12-3-4-13(17-20)11-16(12)19/h3-4,9-11,14-15,17,20H,5-8H2,1-2H3/t14-,15+. The third kappa shape index (κ3) is 2.41. The van der Waals surface area contributed by atoms with Crippen LogP contribution in [0, 0.1) is 0 Å². The number of aromatic nitrogens is 1. The van der Waals surface area contributed by atoms with Crippen molar-refractivity contribution in [2.24, 2.45) is 0 Å². The minimum atomic E-state index is 0.581. The van der Waals surface area contributed by atoms with Crippen LogP contribution in [0.15, 0.2) is 30.5 Å². The molecule has 4 heteroatoms. The zero-order valence-electron chi connectivity index (χ0n) is 12.2. The highest BCUT2D eigenvalue weighted by molar-refractivity contribution is 5.83. The SMILES string of the molecule is CN(C)[C@H]1CC[C@@H](n2ccc3ccc(NO)cc32)CC1. The highest BCUT2D eigenvalue weighted by Crippen LogP contribution is 2.33. The first-order valence-electron chi connectivity index (χ1n) is 7.36. The Morgan fingerprint density at radius 2 is 1.90 bits per heavy atom. The van der Waals surface area contributed by atoms with Crippen LogP contribution < -0.4 is 5.48 Å². The van der Waals surface area contributed by atoms with Gasteiger partial charge in [-0.3, -0.25) is 10.7 Å². The van der Waals surface area contributed by atoms with Crippen molar-refractivity contribution in [2.75, 3.05) is 19.6 Å². The van der Waals surface area contributed by atoms with Crippen LogP contribution >= 0.6 is 0 Å². The number of benzene rings is 1. The van der Waals surface area contributed by atoms with Crippen molar-refractivity contribution in [3.63, 3.8) is 0 Å². The first kappa shape index (κ1) is 13.5. The van der Waals surface area contributed by atoms with Crippen LogP contribution in [0.4, 0.5) is 5.69 Å². The van der Waals surface area contributed by atoms with Gasteiger partial charge in [-0.25, -0.2) is 0 Å². The van der Waals surface area contributed by atoms with Crippen molar-refractivity contribution in [3.05, 3.63) is 30.5 Å². The Labute approximate surface area is 120 Å². The molecule has 4 nitrogen and oxygen atoms in total. The van der Waals surface area contributed by atoms with E-state index in [9.17, 15) is 0 Å². The normalized spacial score (nSPS) is 23.4. The van der Waals surface area contributed by atoms with Gasteiger partial charge < -0.3 is 9.47 Å². The van der Waals surface area contributed by atoms with E-state index in [1.807, 2.05) is 12.1 Å². The van der Waals surface area contributed by atoms with E-state index < -0.39 is 0 Å². The average molecular weight is 273 g/mol. The summed E-state index contributed by atoms with van der Waals surface area (Å²) < 4.78 is 2.38. The summed E-state index contributed by atoms with van der Waals surface area (Å²) in [6.07, 6.45) is 7.16. The maximum atomic E-state index is 9.07. The van der Waals surface area contributed by atoms with E-state index in [1.54, 1.807) is 0 Å². The second-order valence-electron chi connectivity index (χ2n) is 6.03. The molecule has 0 radical (unpaired) electrons. The lowest BCUT2D eigenvalue weighted by molar-refractivity contribution is 0.197. The van der Waals surface area contributed by atoms with Crippen molar-refractivity contribution in [3.8, 4) is 0 Å². The summed E-state index contributed by atoms with van der Waals surface area (Å²) in [5.41, 5.74) is 4.20. The van der Waals surface area contributed by atoms with Crippen LogP contribution in [0.2, 0.25) is 0 Å².